The number of ketones is 1. The van der Waals surface area contributed by atoms with Crippen molar-refractivity contribution >= 4 is 49.4 Å². The zero-order valence-corrected chi connectivity index (χ0v) is 20.1. The second kappa shape index (κ2) is 8.58. The predicted molar refractivity (Wildman–Crippen MR) is 138 cm³/mol. The first-order valence-electron chi connectivity index (χ1n) is 10.9. The van der Waals surface area contributed by atoms with Crippen LogP contribution in [0.1, 0.15) is 27.0 Å². The summed E-state index contributed by atoms with van der Waals surface area (Å²) in [6, 6.07) is 19.5. The highest BCUT2D eigenvalue weighted by atomic mass is 32.2. The molecule has 0 spiro atoms. The third kappa shape index (κ3) is 3.97. The summed E-state index contributed by atoms with van der Waals surface area (Å²) in [6.07, 6.45) is 0. The summed E-state index contributed by atoms with van der Waals surface area (Å²) in [5.41, 5.74) is 5.52. The van der Waals surface area contributed by atoms with Gasteiger partial charge < -0.3 is 0 Å². The minimum absolute atomic E-state index is 0.0127. The Morgan fingerprint density at radius 3 is 2.28 bits per heavy atom. The number of nitrogens with one attached hydrogen (secondary N) is 2. The molecule has 2 N–H and O–H groups in total. The fourth-order valence-corrected chi connectivity index (χ4v) is 5.58. The van der Waals surface area contributed by atoms with Gasteiger partial charge in [-0.05, 0) is 36.9 Å². The predicted octanol–water partition coefficient (Wildman–Crippen LogP) is 5.18. The van der Waals surface area contributed by atoms with Crippen LogP contribution in [0.2, 0.25) is 0 Å². The number of aryl methyl sites for hydroxylation is 2. The fourth-order valence-electron chi connectivity index (χ4n) is 4.27. The standard InChI is InChI=1S/C26H20N4O5S/c1-15-9-11-21(16(2)13-15)29-36(34,35)23-14-18(30(32)33)10-12-22(23)27-28-25-19-7-3-5-17-6-4-8-20(24(17)19)26(25)31/h3-14,27,29H,1-2H3/b28-25+. The molecule has 0 atom stereocenters. The van der Waals surface area contributed by atoms with Gasteiger partial charge in [-0.2, -0.15) is 5.10 Å². The molecule has 180 valence electrons. The SMILES string of the molecule is Cc1ccc(NS(=O)(=O)c2cc([N+](=O)[O-])ccc2N/N=C2/C(=O)c3cccc4cccc2c34)c(C)c1. The first-order chi connectivity index (χ1) is 17.2. The van der Waals surface area contributed by atoms with Gasteiger partial charge in [0, 0.05) is 28.6 Å². The van der Waals surface area contributed by atoms with E-state index in [4.69, 9.17) is 0 Å². The molecule has 4 aromatic carbocycles. The van der Waals surface area contributed by atoms with E-state index in [1.807, 2.05) is 31.2 Å². The molecule has 4 aromatic rings. The highest BCUT2D eigenvalue weighted by molar-refractivity contribution is 7.92. The van der Waals surface area contributed by atoms with Gasteiger partial charge in [0.25, 0.3) is 15.7 Å². The largest absolute Gasteiger partial charge is 0.287 e. The van der Waals surface area contributed by atoms with E-state index < -0.39 is 20.6 Å². The zero-order valence-electron chi connectivity index (χ0n) is 19.3. The van der Waals surface area contributed by atoms with Crippen LogP contribution in [0.3, 0.4) is 0 Å². The van der Waals surface area contributed by atoms with Crippen LogP contribution in [0.25, 0.3) is 10.8 Å². The minimum atomic E-state index is -4.26. The number of non-ortho nitro benzene ring substituents is 1. The van der Waals surface area contributed by atoms with Crippen molar-refractivity contribution < 1.29 is 18.1 Å². The van der Waals surface area contributed by atoms with Crippen LogP contribution in [0.5, 0.6) is 0 Å². The number of carbonyl (C=O) groups is 1. The normalized spacial score (nSPS) is 13.8. The summed E-state index contributed by atoms with van der Waals surface area (Å²) in [5, 5.41) is 17.3. The summed E-state index contributed by atoms with van der Waals surface area (Å²) in [5.74, 6) is -0.297. The number of Topliss-reactive ketones (excluding diaryl/α,β-unsaturated/α-hetero) is 1. The summed E-state index contributed by atoms with van der Waals surface area (Å²) >= 11 is 0. The number of anilines is 2. The van der Waals surface area contributed by atoms with Gasteiger partial charge in [-0.15, -0.1) is 0 Å². The Bertz CT molecular complexity index is 1720. The van der Waals surface area contributed by atoms with Crippen molar-refractivity contribution in [1.82, 2.24) is 0 Å². The molecule has 36 heavy (non-hydrogen) atoms. The van der Waals surface area contributed by atoms with E-state index in [0.29, 0.717) is 22.4 Å². The average Bonchev–Trinajstić information content (AvgIpc) is 3.12. The van der Waals surface area contributed by atoms with Crippen molar-refractivity contribution in [3.05, 3.63) is 105 Å². The third-order valence-electron chi connectivity index (χ3n) is 6.00. The number of benzene rings is 4. The number of carbonyl (C=O) groups excluding carboxylic acids is 1. The monoisotopic (exact) mass is 500 g/mol. The molecular weight excluding hydrogens is 480 g/mol. The van der Waals surface area contributed by atoms with Gasteiger partial charge >= 0.3 is 0 Å². The van der Waals surface area contributed by atoms with Gasteiger partial charge in [0.2, 0.25) is 5.78 Å². The molecule has 10 heteroatoms. The number of hydrogen-bond acceptors (Lipinski definition) is 7. The number of rotatable bonds is 6. The molecule has 0 fully saturated rings. The lowest BCUT2D eigenvalue weighted by molar-refractivity contribution is -0.385. The lowest BCUT2D eigenvalue weighted by Gasteiger charge is -2.14. The molecule has 1 aliphatic carbocycles. The van der Waals surface area contributed by atoms with E-state index >= 15 is 0 Å². The van der Waals surface area contributed by atoms with Crippen LogP contribution in [0.15, 0.2) is 82.8 Å². The quantitative estimate of drug-likeness (QED) is 0.277. The number of sulfonamides is 1. The molecule has 0 aromatic heterocycles. The summed E-state index contributed by atoms with van der Waals surface area (Å²) in [6.45, 7) is 3.64. The first-order valence-corrected chi connectivity index (χ1v) is 12.4. The van der Waals surface area contributed by atoms with Gasteiger partial charge in [0.05, 0.1) is 16.3 Å². The van der Waals surface area contributed by atoms with E-state index in [0.717, 1.165) is 22.4 Å². The van der Waals surface area contributed by atoms with Crippen LogP contribution in [-0.4, -0.2) is 24.8 Å². The summed E-state index contributed by atoms with van der Waals surface area (Å²) < 4.78 is 29.2. The topological polar surface area (TPSA) is 131 Å². The highest BCUT2D eigenvalue weighted by Gasteiger charge is 2.29. The van der Waals surface area contributed by atoms with Crippen LogP contribution in [0, 0.1) is 24.0 Å². The Morgan fingerprint density at radius 1 is 0.889 bits per heavy atom. The minimum Gasteiger partial charge on any atom is -0.287 e. The molecule has 5 rings (SSSR count). The maximum atomic E-state index is 13.3. The molecular formula is C26H20N4O5S. The van der Waals surface area contributed by atoms with E-state index in [9.17, 15) is 23.3 Å². The molecule has 0 saturated heterocycles. The number of nitrogens with zero attached hydrogens (tertiary/aromatic N) is 2. The van der Waals surface area contributed by atoms with Crippen LogP contribution < -0.4 is 10.1 Å². The molecule has 9 nitrogen and oxygen atoms in total. The average molecular weight is 501 g/mol. The first kappa shape index (κ1) is 23.2. The Labute approximate surface area is 206 Å². The van der Waals surface area contributed by atoms with Gasteiger partial charge in [-0.25, -0.2) is 8.42 Å². The van der Waals surface area contributed by atoms with Crippen molar-refractivity contribution in [3.8, 4) is 0 Å². The lowest BCUT2D eigenvalue weighted by Crippen LogP contribution is -2.17. The number of nitro benzene ring substituents is 1. The smallest absolute Gasteiger partial charge is 0.270 e. The van der Waals surface area contributed by atoms with Gasteiger partial charge in [0.15, 0.2) is 0 Å². The number of nitro groups is 1. The fraction of sp³-hybridized carbons (Fsp3) is 0.0769. The van der Waals surface area contributed by atoms with Crippen LogP contribution in [-0.2, 0) is 10.0 Å². The number of hydrazone groups is 1. The molecule has 0 heterocycles. The van der Waals surface area contributed by atoms with Gasteiger partial charge in [-0.1, -0.05) is 54.1 Å². The third-order valence-corrected chi connectivity index (χ3v) is 7.40. The lowest BCUT2D eigenvalue weighted by atomic mass is 10.1. The Balaban J connectivity index is 1.56. The van der Waals surface area contributed by atoms with Crippen molar-refractivity contribution in [3.63, 3.8) is 0 Å². The maximum absolute atomic E-state index is 13.3. The number of hydrogen-bond donors (Lipinski definition) is 2. The second-order valence-electron chi connectivity index (χ2n) is 8.47. The van der Waals surface area contributed by atoms with Gasteiger partial charge in [0.1, 0.15) is 10.6 Å². The highest BCUT2D eigenvalue weighted by Crippen LogP contribution is 2.33. The summed E-state index contributed by atoms with van der Waals surface area (Å²) in [4.78, 5) is 23.4. The van der Waals surface area contributed by atoms with Crippen LogP contribution in [0.4, 0.5) is 17.1 Å². The maximum Gasteiger partial charge on any atom is 0.270 e. The Morgan fingerprint density at radius 2 is 1.58 bits per heavy atom. The van der Waals surface area contributed by atoms with Crippen molar-refractivity contribution in [2.75, 3.05) is 10.1 Å². The molecule has 0 bridgehead atoms. The van der Waals surface area contributed by atoms with E-state index in [2.05, 4.69) is 15.2 Å². The van der Waals surface area contributed by atoms with Crippen molar-refractivity contribution in [2.24, 2.45) is 5.10 Å². The summed E-state index contributed by atoms with van der Waals surface area (Å²) in [7, 11) is -4.26. The molecule has 0 amide bonds. The second-order valence-corrected chi connectivity index (χ2v) is 10.1. The Kier molecular flexibility index (Phi) is 5.52. The molecule has 1 aliphatic rings. The van der Waals surface area contributed by atoms with E-state index in [1.54, 1.807) is 37.3 Å². The molecule has 0 aliphatic heterocycles. The molecule has 0 radical (unpaired) electrons. The molecule has 0 saturated carbocycles. The van der Waals surface area contributed by atoms with Crippen molar-refractivity contribution in [1.29, 1.82) is 0 Å². The van der Waals surface area contributed by atoms with E-state index in [-0.39, 0.29) is 22.1 Å². The Hall–Kier alpha value is -4.57. The van der Waals surface area contributed by atoms with Crippen molar-refractivity contribution in [2.45, 2.75) is 18.7 Å². The van der Waals surface area contributed by atoms with Gasteiger partial charge in [-0.3, -0.25) is 25.1 Å². The van der Waals surface area contributed by atoms with E-state index in [1.165, 1.54) is 12.1 Å². The molecule has 0 unspecified atom stereocenters. The van der Waals surface area contributed by atoms with Crippen LogP contribution >= 0.6 is 0 Å². The zero-order chi connectivity index (χ0) is 25.6.